The van der Waals surface area contributed by atoms with Crippen LogP contribution in [0.25, 0.3) is 0 Å². The number of carbonyl (C=O) groups is 5. The Morgan fingerprint density at radius 3 is 2.03 bits per heavy atom. The first kappa shape index (κ1) is 29.8. The summed E-state index contributed by atoms with van der Waals surface area (Å²) >= 11 is 0. The van der Waals surface area contributed by atoms with E-state index in [1.165, 1.54) is 26.1 Å². The maximum absolute atomic E-state index is 12.8. The lowest BCUT2D eigenvalue weighted by Gasteiger charge is -2.27. The van der Waals surface area contributed by atoms with Crippen LogP contribution in [-0.4, -0.2) is 83.0 Å². The third kappa shape index (κ3) is 9.54. The Kier molecular flexibility index (Phi) is 11.2. The first-order valence-electron chi connectivity index (χ1n) is 11.9. The van der Waals surface area contributed by atoms with Gasteiger partial charge in [-0.1, -0.05) is 42.5 Å². The molecule has 0 saturated heterocycles. The molecular weight excluding hydrogens is 494 g/mol. The summed E-state index contributed by atoms with van der Waals surface area (Å²) in [4.78, 5) is 62.3. The number of benzene rings is 2. The molecule has 12 heteroatoms. The maximum Gasteiger partial charge on any atom is 0.322 e. The maximum atomic E-state index is 12.8. The lowest BCUT2D eigenvalue weighted by Crippen LogP contribution is -2.54. The van der Waals surface area contributed by atoms with Gasteiger partial charge in [0.25, 0.3) is 0 Å². The minimum absolute atomic E-state index is 0.0875. The number of carboxylic acids is 1. The zero-order valence-electron chi connectivity index (χ0n) is 21.2. The van der Waals surface area contributed by atoms with Gasteiger partial charge in [-0.2, -0.15) is 0 Å². The first-order valence-corrected chi connectivity index (χ1v) is 11.9. The molecule has 7 N–H and O–H groups in total. The van der Waals surface area contributed by atoms with Gasteiger partial charge in [-0.05, 0) is 36.6 Å². The Labute approximate surface area is 220 Å². The predicted molar refractivity (Wildman–Crippen MR) is 138 cm³/mol. The van der Waals surface area contributed by atoms with Gasteiger partial charge in [0.2, 0.25) is 23.6 Å². The topological polar surface area (TPSA) is 191 Å². The molecule has 0 heterocycles. The monoisotopic (exact) mass is 527 g/mol. The number of aromatic hydroxyl groups is 1. The second-order valence-corrected chi connectivity index (χ2v) is 8.75. The molecule has 2 aromatic carbocycles. The molecule has 2 aromatic rings. The highest BCUT2D eigenvalue weighted by molar-refractivity contribution is 5.93. The molecule has 0 spiro atoms. The summed E-state index contributed by atoms with van der Waals surface area (Å²) in [6.07, 6.45) is 0.324. The third-order valence-corrected chi connectivity index (χ3v) is 5.74. The van der Waals surface area contributed by atoms with Crippen molar-refractivity contribution < 1.29 is 34.2 Å². The number of likely N-dealkylation sites (N-methyl/N-ethyl adjacent to an activating group) is 1. The Hall–Kier alpha value is -4.45. The van der Waals surface area contributed by atoms with Gasteiger partial charge in [0.15, 0.2) is 0 Å². The van der Waals surface area contributed by atoms with Crippen LogP contribution in [0.1, 0.15) is 18.1 Å². The fourth-order valence-corrected chi connectivity index (χ4v) is 3.50. The van der Waals surface area contributed by atoms with Gasteiger partial charge in [0, 0.05) is 13.5 Å². The molecule has 0 saturated carbocycles. The molecule has 0 aliphatic carbocycles. The predicted octanol–water partition coefficient (Wildman–Crippen LogP) is -0.847. The summed E-state index contributed by atoms with van der Waals surface area (Å²) in [7, 11) is 1.38. The smallest absolute Gasteiger partial charge is 0.322 e. The number of hydrogen-bond donors (Lipinski definition) is 6. The third-order valence-electron chi connectivity index (χ3n) is 5.74. The second-order valence-electron chi connectivity index (χ2n) is 8.75. The highest BCUT2D eigenvalue weighted by Crippen LogP contribution is 2.11. The molecule has 0 unspecified atom stereocenters. The van der Waals surface area contributed by atoms with Crippen molar-refractivity contribution in [3.8, 4) is 5.75 Å². The van der Waals surface area contributed by atoms with E-state index in [1.807, 2.05) is 0 Å². The summed E-state index contributed by atoms with van der Waals surface area (Å²) < 4.78 is 0. The summed E-state index contributed by atoms with van der Waals surface area (Å²) in [5.41, 5.74) is 7.41. The van der Waals surface area contributed by atoms with Crippen LogP contribution in [-0.2, 0) is 36.8 Å². The van der Waals surface area contributed by atoms with E-state index in [0.29, 0.717) is 0 Å². The van der Waals surface area contributed by atoms with Crippen LogP contribution in [0.3, 0.4) is 0 Å². The molecule has 0 fully saturated rings. The number of phenols is 1. The van der Waals surface area contributed by atoms with Crippen molar-refractivity contribution in [2.75, 3.05) is 20.1 Å². The zero-order chi connectivity index (χ0) is 28.2. The van der Waals surface area contributed by atoms with Crippen molar-refractivity contribution >= 4 is 29.6 Å². The van der Waals surface area contributed by atoms with Gasteiger partial charge >= 0.3 is 5.97 Å². The second kappa shape index (κ2) is 14.3. The molecule has 0 radical (unpaired) electrons. The van der Waals surface area contributed by atoms with Crippen molar-refractivity contribution in [3.05, 3.63) is 65.7 Å². The highest BCUT2D eigenvalue weighted by Gasteiger charge is 2.28. The lowest BCUT2D eigenvalue weighted by molar-refractivity contribution is -0.141. The van der Waals surface area contributed by atoms with E-state index in [4.69, 9.17) is 10.8 Å². The number of aliphatic carboxylic acids is 1. The van der Waals surface area contributed by atoms with Crippen molar-refractivity contribution in [2.45, 2.75) is 37.9 Å². The molecule has 2 rings (SSSR count). The quantitative estimate of drug-likeness (QED) is 0.194. The normalized spacial score (nSPS) is 12.9. The average Bonchev–Trinajstić information content (AvgIpc) is 2.90. The number of nitrogens with zero attached hydrogens (tertiary/aromatic N) is 1. The molecule has 0 aromatic heterocycles. The number of nitrogens with one attached hydrogen (secondary N) is 3. The van der Waals surface area contributed by atoms with Gasteiger partial charge in [-0.25, -0.2) is 0 Å². The number of carboxylic acid groups (broad SMARTS) is 1. The van der Waals surface area contributed by atoms with E-state index >= 15 is 0 Å². The largest absolute Gasteiger partial charge is 0.508 e. The highest BCUT2D eigenvalue weighted by atomic mass is 16.4. The van der Waals surface area contributed by atoms with Gasteiger partial charge in [-0.15, -0.1) is 0 Å². The van der Waals surface area contributed by atoms with E-state index in [0.717, 1.165) is 16.0 Å². The minimum atomic E-state index is -1.23. The van der Waals surface area contributed by atoms with Crippen molar-refractivity contribution in [3.63, 3.8) is 0 Å². The number of amides is 4. The molecule has 0 aliphatic heterocycles. The van der Waals surface area contributed by atoms with E-state index in [9.17, 15) is 29.1 Å². The van der Waals surface area contributed by atoms with Crippen LogP contribution in [0.5, 0.6) is 5.75 Å². The van der Waals surface area contributed by atoms with E-state index in [2.05, 4.69) is 16.0 Å². The van der Waals surface area contributed by atoms with Crippen LogP contribution in [0.4, 0.5) is 0 Å². The van der Waals surface area contributed by atoms with Crippen LogP contribution in [0.2, 0.25) is 0 Å². The Morgan fingerprint density at radius 1 is 0.842 bits per heavy atom. The summed E-state index contributed by atoms with van der Waals surface area (Å²) in [5.74, 6) is -3.58. The fourth-order valence-electron chi connectivity index (χ4n) is 3.50. The first-order chi connectivity index (χ1) is 18.0. The number of phenolic OH excluding ortho intramolecular Hbond substituents is 1. The summed E-state index contributed by atoms with van der Waals surface area (Å²) in [5, 5.41) is 25.4. The standard InChI is InChI=1S/C26H33N5O7/c1-16(30-25(37)20(27)12-18-8-10-19(32)11-9-18)24(36)28-14-22(33)31(2)21(26(38)29-15-23(34)35)13-17-6-4-3-5-7-17/h3-11,16,20-21,32H,12-15,27H2,1-2H3,(H,28,36)(H,29,38)(H,30,37)(H,34,35)/t16-,20+,21+/m1/s1. The molecule has 204 valence electrons. The molecule has 3 atom stereocenters. The SMILES string of the molecule is C[C@@H](NC(=O)[C@@H](N)Cc1ccc(O)cc1)C(=O)NCC(=O)N(C)[C@@H](Cc1ccccc1)C(=O)NCC(=O)O. The van der Waals surface area contributed by atoms with E-state index in [1.54, 1.807) is 42.5 Å². The van der Waals surface area contributed by atoms with Gasteiger partial charge in [0.1, 0.15) is 24.4 Å². The van der Waals surface area contributed by atoms with Gasteiger partial charge in [0.05, 0.1) is 12.6 Å². The molecule has 0 aliphatic rings. The number of rotatable bonds is 13. The van der Waals surface area contributed by atoms with Crippen molar-refractivity contribution in [1.82, 2.24) is 20.9 Å². The molecule has 12 nitrogen and oxygen atoms in total. The molecule has 38 heavy (non-hydrogen) atoms. The summed E-state index contributed by atoms with van der Waals surface area (Å²) in [6, 6.07) is 12.2. The van der Waals surface area contributed by atoms with Crippen LogP contribution < -0.4 is 21.7 Å². The van der Waals surface area contributed by atoms with E-state index < -0.39 is 60.8 Å². The lowest BCUT2D eigenvalue weighted by atomic mass is 10.0. The van der Waals surface area contributed by atoms with Gasteiger partial charge in [-0.3, -0.25) is 24.0 Å². The average molecular weight is 528 g/mol. The zero-order valence-corrected chi connectivity index (χ0v) is 21.2. The number of hydrogen-bond acceptors (Lipinski definition) is 7. The Bertz CT molecular complexity index is 1120. The Balaban J connectivity index is 1.92. The van der Waals surface area contributed by atoms with Crippen molar-refractivity contribution in [2.24, 2.45) is 5.73 Å². The minimum Gasteiger partial charge on any atom is -0.508 e. The van der Waals surface area contributed by atoms with E-state index in [-0.39, 0.29) is 18.6 Å². The van der Waals surface area contributed by atoms with Crippen LogP contribution >= 0.6 is 0 Å². The molecule has 0 bridgehead atoms. The van der Waals surface area contributed by atoms with Crippen LogP contribution in [0, 0.1) is 0 Å². The fraction of sp³-hybridized carbons (Fsp3) is 0.346. The number of nitrogens with two attached hydrogens (primary N) is 1. The van der Waals surface area contributed by atoms with Gasteiger partial charge < -0.3 is 36.8 Å². The van der Waals surface area contributed by atoms with Crippen molar-refractivity contribution in [1.29, 1.82) is 0 Å². The molecular formula is C26H33N5O7. The Morgan fingerprint density at radius 2 is 1.42 bits per heavy atom. The van der Waals surface area contributed by atoms with Crippen LogP contribution in [0.15, 0.2) is 54.6 Å². The number of carbonyl (C=O) groups excluding carboxylic acids is 4. The molecule has 4 amide bonds. The summed E-state index contributed by atoms with van der Waals surface area (Å²) in [6.45, 7) is 0.383.